The first-order valence-electron chi connectivity index (χ1n) is 5.91. The third-order valence-corrected chi connectivity index (χ3v) is 4.12. The van der Waals surface area contributed by atoms with Gasteiger partial charge in [0.15, 0.2) is 0 Å². The molecule has 0 spiro atoms. The van der Waals surface area contributed by atoms with Crippen molar-refractivity contribution in [3.8, 4) is 0 Å². The molecule has 19 heavy (non-hydrogen) atoms. The predicted molar refractivity (Wildman–Crippen MR) is 71.2 cm³/mol. The van der Waals surface area contributed by atoms with Crippen LogP contribution in [-0.4, -0.2) is 24.6 Å². The summed E-state index contributed by atoms with van der Waals surface area (Å²) < 4.78 is 30.7. The zero-order valence-electron chi connectivity index (χ0n) is 10.9. The van der Waals surface area contributed by atoms with E-state index < -0.39 is 10.1 Å². The molecule has 2 aromatic rings. The fourth-order valence-corrected chi connectivity index (χ4v) is 2.56. The van der Waals surface area contributed by atoms with E-state index in [9.17, 15) is 8.42 Å². The minimum atomic E-state index is -3.68. The molecule has 2 rings (SSSR count). The molecule has 0 fully saturated rings. The van der Waals surface area contributed by atoms with Gasteiger partial charge in [0, 0.05) is 25.9 Å². The second-order valence-electron chi connectivity index (χ2n) is 4.29. The Kier molecular flexibility index (Phi) is 4.01. The predicted octanol–water partition coefficient (Wildman–Crippen LogP) is 1.68. The van der Waals surface area contributed by atoms with Gasteiger partial charge in [-0.1, -0.05) is 17.7 Å². The molecule has 0 bridgehead atoms. The fourth-order valence-electron chi connectivity index (χ4n) is 1.65. The van der Waals surface area contributed by atoms with Crippen molar-refractivity contribution in [3.05, 3.63) is 48.0 Å². The van der Waals surface area contributed by atoms with Crippen molar-refractivity contribution in [3.63, 3.8) is 0 Å². The lowest BCUT2D eigenvalue weighted by Crippen LogP contribution is -2.11. The highest BCUT2D eigenvalue weighted by atomic mass is 32.2. The Morgan fingerprint density at radius 2 is 1.95 bits per heavy atom. The second kappa shape index (κ2) is 5.54. The van der Waals surface area contributed by atoms with Crippen molar-refractivity contribution in [2.75, 3.05) is 6.61 Å². The Morgan fingerprint density at radius 1 is 1.26 bits per heavy atom. The third-order valence-electron chi connectivity index (χ3n) is 2.79. The lowest BCUT2D eigenvalue weighted by atomic mass is 10.2. The van der Waals surface area contributed by atoms with E-state index in [1.807, 2.05) is 24.7 Å². The molecule has 0 saturated heterocycles. The molecule has 5 nitrogen and oxygen atoms in total. The van der Waals surface area contributed by atoms with Crippen molar-refractivity contribution in [2.24, 2.45) is 7.05 Å². The maximum Gasteiger partial charge on any atom is 0.296 e. The van der Waals surface area contributed by atoms with E-state index in [0.717, 1.165) is 11.4 Å². The summed E-state index contributed by atoms with van der Waals surface area (Å²) in [6.07, 6.45) is 3.93. The zero-order chi connectivity index (χ0) is 13.9. The number of hydrogen-bond acceptors (Lipinski definition) is 4. The maximum absolute atomic E-state index is 11.9. The van der Waals surface area contributed by atoms with Crippen LogP contribution < -0.4 is 0 Å². The van der Waals surface area contributed by atoms with E-state index in [1.54, 1.807) is 30.5 Å². The molecule has 0 aliphatic rings. The van der Waals surface area contributed by atoms with Gasteiger partial charge in [0.05, 0.1) is 11.5 Å². The lowest BCUT2D eigenvalue weighted by Gasteiger charge is -2.06. The van der Waals surface area contributed by atoms with Gasteiger partial charge >= 0.3 is 0 Å². The summed E-state index contributed by atoms with van der Waals surface area (Å²) in [7, 11) is -1.82. The topological polar surface area (TPSA) is 61.2 Å². The van der Waals surface area contributed by atoms with Crippen LogP contribution in [0.4, 0.5) is 0 Å². The van der Waals surface area contributed by atoms with Gasteiger partial charge < -0.3 is 4.57 Å². The van der Waals surface area contributed by atoms with Crippen LogP contribution in [0.5, 0.6) is 0 Å². The van der Waals surface area contributed by atoms with Crippen molar-refractivity contribution in [1.29, 1.82) is 0 Å². The average molecular weight is 280 g/mol. The first-order chi connectivity index (χ1) is 8.99. The molecule has 0 unspecified atom stereocenters. The molecule has 1 heterocycles. The van der Waals surface area contributed by atoms with E-state index in [2.05, 4.69) is 4.98 Å². The molecular weight excluding hydrogens is 264 g/mol. The summed E-state index contributed by atoms with van der Waals surface area (Å²) in [6.45, 7) is 1.99. The number of rotatable bonds is 5. The normalized spacial score (nSPS) is 11.7. The molecule has 0 saturated carbocycles. The molecule has 0 aliphatic heterocycles. The van der Waals surface area contributed by atoms with Gasteiger partial charge in [0.1, 0.15) is 5.82 Å². The summed E-state index contributed by atoms with van der Waals surface area (Å²) in [5.41, 5.74) is 1.01. The van der Waals surface area contributed by atoms with E-state index in [1.165, 1.54) is 0 Å². The number of imidazole rings is 1. The molecule has 1 aromatic carbocycles. The van der Waals surface area contributed by atoms with Crippen LogP contribution in [0.3, 0.4) is 0 Å². The molecule has 6 heteroatoms. The summed E-state index contributed by atoms with van der Waals surface area (Å²) >= 11 is 0. The zero-order valence-corrected chi connectivity index (χ0v) is 11.7. The number of aromatic nitrogens is 2. The standard InChI is InChI=1S/C13H16N2O3S/c1-11-3-5-12(6-4-11)19(16,17)18-10-7-13-14-8-9-15(13)2/h3-6,8-9H,7,10H2,1-2H3. The van der Waals surface area contributed by atoms with Crippen LogP contribution in [0.15, 0.2) is 41.6 Å². The van der Waals surface area contributed by atoms with Crippen LogP contribution in [0.2, 0.25) is 0 Å². The summed E-state index contributed by atoms with van der Waals surface area (Å²) in [5.74, 6) is 0.791. The number of nitrogens with zero attached hydrogens (tertiary/aromatic N) is 2. The number of hydrogen-bond donors (Lipinski definition) is 0. The minimum absolute atomic E-state index is 0.0844. The summed E-state index contributed by atoms with van der Waals surface area (Å²) in [4.78, 5) is 4.29. The Balaban J connectivity index is 1.98. The largest absolute Gasteiger partial charge is 0.338 e. The molecule has 0 atom stereocenters. The number of benzene rings is 1. The van der Waals surface area contributed by atoms with Crippen LogP contribution >= 0.6 is 0 Å². The molecular formula is C13H16N2O3S. The van der Waals surface area contributed by atoms with E-state index in [0.29, 0.717) is 6.42 Å². The highest BCUT2D eigenvalue weighted by Crippen LogP contribution is 2.13. The summed E-state index contributed by atoms with van der Waals surface area (Å²) in [5, 5.41) is 0. The van der Waals surface area contributed by atoms with E-state index in [4.69, 9.17) is 4.18 Å². The van der Waals surface area contributed by atoms with Crippen LogP contribution in [0, 0.1) is 6.92 Å². The van der Waals surface area contributed by atoms with Gasteiger partial charge in [-0.25, -0.2) is 4.98 Å². The van der Waals surface area contributed by atoms with Crippen molar-refractivity contribution in [1.82, 2.24) is 9.55 Å². The number of aryl methyl sites for hydroxylation is 2. The van der Waals surface area contributed by atoms with Gasteiger partial charge in [0.25, 0.3) is 10.1 Å². The van der Waals surface area contributed by atoms with Gasteiger partial charge in [-0.3, -0.25) is 4.18 Å². The molecule has 0 aliphatic carbocycles. The van der Waals surface area contributed by atoms with Crippen molar-refractivity contribution >= 4 is 10.1 Å². The third kappa shape index (κ3) is 3.42. The van der Waals surface area contributed by atoms with Gasteiger partial charge in [0.2, 0.25) is 0 Å². The van der Waals surface area contributed by atoms with Crippen molar-refractivity contribution < 1.29 is 12.6 Å². The van der Waals surface area contributed by atoms with Gasteiger partial charge in [-0.2, -0.15) is 8.42 Å². The first-order valence-corrected chi connectivity index (χ1v) is 7.32. The Labute approximate surface area is 113 Å². The minimum Gasteiger partial charge on any atom is -0.338 e. The second-order valence-corrected chi connectivity index (χ2v) is 5.91. The average Bonchev–Trinajstić information content (AvgIpc) is 2.75. The Bertz CT molecular complexity index is 645. The first kappa shape index (κ1) is 13.8. The van der Waals surface area contributed by atoms with Gasteiger partial charge in [-0.15, -0.1) is 0 Å². The van der Waals surface area contributed by atoms with E-state index in [-0.39, 0.29) is 11.5 Å². The smallest absolute Gasteiger partial charge is 0.296 e. The Morgan fingerprint density at radius 3 is 2.53 bits per heavy atom. The lowest BCUT2D eigenvalue weighted by molar-refractivity contribution is 0.318. The highest BCUT2D eigenvalue weighted by Gasteiger charge is 2.14. The van der Waals surface area contributed by atoms with Crippen LogP contribution in [-0.2, 0) is 27.8 Å². The molecule has 0 N–H and O–H groups in total. The van der Waals surface area contributed by atoms with Crippen molar-refractivity contribution in [2.45, 2.75) is 18.2 Å². The molecule has 0 amide bonds. The monoisotopic (exact) mass is 280 g/mol. The van der Waals surface area contributed by atoms with Crippen LogP contribution in [0.1, 0.15) is 11.4 Å². The SMILES string of the molecule is Cc1ccc(S(=O)(=O)OCCc2nccn2C)cc1. The molecule has 1 aromatic heterocycles. The Hall–Kier alpha value is -1.66. The molecule has 0 radical (unpaired) electrons. The quantitative estimate of drug-likeness (QED) is 0.782. The van der Waals surface area contributed by atoms with Gasteiger partial charge in [-0.05, 0) is 19.1 Å². The maximum atomic E-state index is 11.9. The summed E-state index contributed by atoms with van der Waals surface area (Å²) in [6, 6.07) is 6.58. The molecule has 102 valence electrons. The van der Waals surface area contributed by atoms with E-state index >= 15 is 0 Å². The fraction of sp³-hybridized carbons (Fsp3) is 0.308. The van der Waals surface area contributed by atoms with Crippen LogP contribution in [0.25, 0.3) is 0 Å². The highest BCUT2D eigenvalue weighted by molar-refractivity contribution is 7.86.